The van der Waals surface area contributed by atoms with Crippen molar-refractivity contribution in [1.29, 1.82) is 0 Å². The first-order valence-corrected chi connectivity index (χ1v) is 8.70. The number of ether oxygens (including phenoxy) is 1. The molecule has 0 bridgehead atoms. The lowest BCUT2D eigenvalue weighted by atomic mass is 10.2. The van der Waals surface area contributed by atoms with Gasteiger partial charge in [0.25, 0.3) is 5.91 Å². The lowest BCUT2D eigenvalue weighted by Crippen LogP contribution is -2.24. The van der Waals surface area contributed by atoms with Crippen molar-refractivity contribution in [3.05, 3.63) is 53.1 Å². The molecular weight excluding hydrogens is 354 g/mol. The molecular formula is C19H22ClN3O3. The van der Waals surface area contributed by atoms with Crippen molar-refractivity contribution in [1.82, 2.24) is 5.43 Å². The molecule has 0 heterocycles. The fourth-order valence-corrected chi connectivity index (χ4v) is 2.53. The summed E-state index contributed by atoms with van der Waals surface area (Å²) in [5.74, 6) is 0.0954. The average Bonchev–Trinajstić information content (AvgIpc) is 2.64. The van der Waals surface area contributed by atoms with E-state index in [2.05, 4.69) is 29.3 Å². The number of hydrogen-bond acceptors (Lipinski definition) is 5. The molecule has 2 N–H and O–H groups in total. The number of para-hydroxylation sites is 1. The van der Waals surface area contributed by atoms with Crippen LogP contribution in [0.4, 0.5) is 5.69 Å². The molecule has 0 unspecified atom stereocenters. The summed E-state index contributed by atoms with van der Waals surface area (Å²) in [6.45, 7) is 5.59. The van der Waals surface area contributed by atoms with E-state index in [1.54, 1.807) is 36.4 Å². The number of amides is 1. The van der Waals surface area contributed by atoms with E-state index in [1.165, 1.54) is 6.21 Å². The molecule has 2 rings (SSSR count). The van der Waals surface area contributed by atoms with Crippen LogP contribution in [-0.4, -0.2) is 36.9 Å². The fraction of sp³-hybridized carbons (Fsp3) is 0.263. The largest absolute Gasteiger partial charge is 0.507 e. The average molecular weight is 376 g/mol. The van der Waals surface area contributed by atoms with Crippen LogP contribution in [0.3, 0.4) is 0 Å². The first-order chi connectivity index (χ1) is 12.5. The number of nitrogens with zero attached hydrogens (tertiary/aromatic N) is 2. The number of halogens is 1. The maximum absolute atomic E-state index is 11.8. The summed E-state index contributed by atoms with van der Waals surface area (Å²) in [6.07, 6.45) is 1.38. The maximum Gasteiger partial charge on any atom is 0.277 e. The topological polar surface area (TPSA) is 74.2 Å². The van der Waals surface area contributed by atoms with Gasteiger partial charge in [0.15, 0.2) is 6.61 Å². The SMILES string of the molecule is CCN(CC)c1ccc(C=NNC(=O)COc2ccccc2Cl)c(O)c1. The number of phenols is 1. The van der Waals surface area contributed by atoms with Crippen molar-refractivity contribution in [2.24, 2.45) is 5.10 Å². The highest BCUT2D eigenvalue weighted by atomic mass is 35.5. The Morgan fingerprint density at radius 2 is 2.00 bits per heavy atom. The first kappa shape index (κ1) is 19.6. The molecule has 0 atom stereocenters. The molecule has 0 aliphatic heterocycles. The Balaban J connectivity index is 1.89. The van der Waals surface area contributed by atoms with Crippen LogP contribution in [0.5, 0.6) is 11.5 Å². The summed E-state index contributed by atoms with van der Waals surface area (Å²) in [7, 11) is 0. The molecule has 0 spiro atoms. The van der Waals surface area contributed by atoms with Crippen molar-refractivity contribution < 1.29 is 14.6 Å². The Bertz CT molecular complexity index is 776. The van der Waals surface area contributed by atoms with E-state index >= 15 is 0 Å². The molecule has 6 nitrogen and oxygen atoms in total. The van der Waals surface area contributed by atoms with Crippen LogP contribution in [0.2, 0.25) is 5.02 Å². The van der Waals surface area contributed by atoms with Gasteiger partial charge >= 0.3 is 0 Å². The molecule has 0 saturated carbocycles. The highest BCUT2D eigenvalue weighted by molar-refractivity contribution is 6.32. The van der Waals surface area contributed by atoms with E-state index in [0.717, 1.165) is 18.8 Å². The van der Waals surface area contributed by atoms with E-state index in [1.807, 2.05) is 6.07 Å². The molecule has 0 fully saturated rings. The van der Waals surface area contributed by atoms with Gasteiger partial charge in [-0.1, -0.05) is 23.7 Å². The van der Waals surface area contributed by atoms with Gasteiger partial charge in [-0.05, 0) is 38.1 Å². The number of aromatic hydroxyl groups is 1. The number of hydrazone groups is 1. The van der Waals surface area contributed by atoms with Crippen LogP contribution in [0, 0.1) is 0 Å². The smallest absolute Gasteiger partial charge is 0.277 e. The number of anilines is 1. The second kappa shape index (κ2) is 9.68. The summed E-state index contributed by atoms with van der Waals surface area (Å²) in [4.78, 5) is 13.9. The summed E-state index contributed by atoms with van der Waals surface area (Å²) < 4.78 is 5.32. The van der Waals surface area contributed by atoms with E-state index in [9.17, 15) is 9.90 Å². The minimum Gasteiger partial charge on any atom is -0.507 e. The monoisotopic (exact) mass is 375 g/mol. The third-order valence-corrected chi connectivity index (χ3v) is 4.04. The van der Waals surface area contributed by atoms with Gasteiger partial charge in [-0.2, -0.15) is 5.10 Å². The number of hydrogen-bond donors (Lipinski definition) is 2. The minimum absolute atomic E-state index is 0.0970. The van der Waals surface area contributed by atoms with Gasteiger partial charge in [0.2, 0.25) is 0 Å². The summed E-state index contributed by atoms with van der Waals surface area (Å²) in [5.41, 5.74) is 3.79. The van der Waals surface area contributed by atoms with Gasteiger partial charge in [0.05, 0.1) is 11.2 Å². The second-order valence-electron chi connectivity index (χ2n) is 5.43. The molecule has 2 aromatic rings. The van der Waals surface area contributed by atoms with Crippen LogP contribution >= 0.6 is 11.6 Å². The quantitative estimate of drug-likeness (QED) is 0.547. The summed E-state index contributed by atoms with van der Waals surface area (Å²) >= 11 is 5.95. The fourth-order valence-electron chi connectivity index (χ4n) is 2.34. The molecule has 2 aromatic carbocycles. The Morgan fingerprint density at radius 3 is 2.65 bits per heavy atom. The lowest BCUT2D eigenvalue weighted by molar-refractivity contribution is -0.123. The van der Waals surface area contributed by atoms with Crippen molar-refractivity contribution in [3.63, 3.8) is 0 Å². The predicted octanol–water partition coefficient (Wildman–Crippen LogP) is 3.42. The summed E-state index contributed by atoms with van der Waals surface area (Å²) in [5, 5.41) is 14.4. The van der Waals surface area contributed by atoms with Gasteiger partial charge in [0, 0.05) is 30.4 Å². The van der Waals surface area contributed by atoms with E-state index in [4.69, 9.17) is 16.3 Å². The van der Waals surface area contributed by atoms with Crippen LogP contribution in [0.25, 0.3) is 0 Å². The maximum atomic E-state index is 11.8. The number of rotatable bonds is 8. The second-order valence-corrected chi connectivity index (χ2v) is 5.83. The molecule has 0 aromatic heterocycles. The van der Waals surface area contributed by atoms with E-state index < -0.39 is 5.91 Å². The normalized spacial score (nSPS) is 10.7. The van der Waals surface area contributed by atoms with Crippen LogP contribution in [0.15, 0.2) is 47.6 Å². The number of benzene rings is 2. The molecule has 7 heteroatoms. The number of carbonyl (C=O) groups is 1. The van der Waals surface area contributed by atoms with Crippen LogP contribution in [-0.2, 0) is 4.79 Å². The van der Waals surface area contributed by atoms with Crippen LogP contribution < -0.4 is 15.1 Å². The zero-order valence-corrected chi connectivity index (χ0v) is 15.5. The standard InChI is InChI=1S/C19H22ClN3O3/c1-3-23(4-2)15-10-9-14(17(24)11-15)12-21-22-19(25)13-26-18-8-6-5-7-16(18)20/h5-12,24H,3-4,13H2,1-2H3,(H,22,25). The Labute approximate surface area is 158 Å². The van der Waals surface area contributed by atoms with Gasteiger partial charge < -0.3 is 14.7 Å². The van der Waals surface area contributed by atoms with Crippen LogP contribution in [0.1, 0.15) is 19.4 Å². The number of nitrogens with one attached hydrogen (secondary N) is 1. The van der Waals surface area contributed by atoms with Crippen molar-refractivity contribution in [2.45, 2.75) is 13.8 Å². The van der Waals surface area contributed by atoms with Gasteiger partial charge in [-0.3, -0.25) is 4.79 Å². The molecule has 0 aliphatic rings. The zero-order valence-electron chi connectivity index (χ0n) is 14.8. The van der Waals surface area contributed by atoms with Crippen molar-refractivity contribution in [2.75, 3.05) is 24.6 Å². The highest BCUT2D eigenvalue weighted by Crippen LogP contribution is 2.24. The van der Waals surface area contributed by atoms with Gasteiger partial charge in [-0.15, -0.1) is 0 Å². The lowest BCUT2D eigenvalue weighted by Gasteiger charge is -2.21. The number of carbonyl (C=O) groups excluding carboxylic acids is 1. The first-order valence-electron chi connectivity index (χ1n) is 8.32. The summed E-state index contributed by atoms with van der Waals surface area (Å²) in [6, 6.07) is 12.2. The Morgan fingerprint density at radius 1 is 1.27 bits per heavy atom. The molecule has 26 heavy (non-hydrogen) atoms. The number of phenolic OH excluding ortho intramolecular Hbond substituents is 1. The third kappa shape index (κ3) is 5.39. The molecule has 138 valence electrons. The molecule has 1 amide bonds. The van der Waals surface area contributed by atoms with E-state index in [-0.39, 0.29) is 12.4 Å². The van der Waals surface area contributed by atoms with E-state index in [0.29, 0.717) is 16.3 Å². The predicted molar refractivity (Wildman–Crippen MR) is 104 cm³/mol. The van der Waals surface area contributed by atoms with Crippen molar-refractivity contribution >= 4 is 29.4 Å². The Hall–Kier alpha value is -2.73. The molecule has 0 saturated heterocycles. The van der Waals surface area contributed by atoms with Crippen molar-refractivity contribution in [3.8, 4) is 11.5 Å². The third-order valence-electron chi connectivity index (χ3n) is 3.73. The van der Waals surface area contributed by atoms with Gasteiger partial charge in [-0.25, -0.2) is 5.43 Å². The zero-order chi connectivity index (χ0) is 18.9. The Kier molecular flexibility index (Phi) is 7.29. The minimum atomic E-state index is -0.430. The highest BCUT2D eigenvalue weighted by Gasteiger charge is 2.07. The molecule has 0 aliphatic carbocycles. The van der Waals surface area contributed by atoms with Gasteiger partial charge in [0.1, 0.15) is 11.5 Å². The molecule has 0 radical (unpaired) electrons.